The third-order valence-electron chi connectivity index (χ3n) is 5.34. The Morgan fingerprint density at radius 1 is 1.31 bits per heavy atom. The first-order chi connectivity index (χ1) is 12.5. The highest BCUT2D eigenvalue weighted by molar-refractivity contribution is 5.76. The minimum atomic E-state index is -0.644. The summed E-state index contributed by atoms with van der Waals surface area (Å²) in [7, 11) is 3.98. The molecule has 1 aromatic heterocycles. The molecule has 2 heterocycles. The fraction of sp³-hybridized carbons (Fsp3) is 0.450. The van der Waals surface area contributed by atoms with Crippen LogP contribution in [0, 0.1) is 0 Å². The molecule has 1 N–H and O–H groups in total. The van der Waals surface area contributed by atoms with Crippen molar-refractivity contribution in [1.82, 2.24) is 19.8 Å². The van der Waals surface area contributed by atoms with Crippen molar-refractivity contribution in [2.75, 3.05) is 27.2 Å². The molecule has 1 aromatic carbocycles. The van der Waals surface area contributed by atoms with E-state index in [9.17, 15) is 9.90 Å². The minimum absolute atomic E-state index is 0.0510. The summed E-state index contributed by atoms with van der Waals surface area (Å²) >= 11 is 0. The Labute approximate surface area is 154 Å². The van der Waals surface area contributed by atoms with Crippen molar-refractivity contribution in [3.05, 3.63) is 60.2 Å². The van der Waals surface area contributed by atoms with E-state index in [1.165, 1.54) is 0 Å². The van der Waals surface area contributed by atoms with Crippen LogP contribution >= 0.6 is 0 Å². The minimum Gasteiger partial charge on any atom is -0.389 e. The predicted octanol–water partition coefficient (Wildman–Crippen LogP) is 1.46. The van der Waals surface area contributed by atoms with Gasteiger partial charge in [-0.1, -0.05) is 30.3 Å². The highest BCUT2D eigenvalue weighted by Gasteiger charge is 2.46. The predicted molar refractivity (Wildman–Crippen MR) is 99.4 cm³/mol. The van der Waals surface area contributed by atoms with E-state index in [-0.39, 0.29) is 5.91 Å². The second kappa shape index (κ2) is 7.93. The number of benzene rings is 1. The van der Waals surface area contributed by atoms with Gasteiger partial charge in [0.1, 0.15) is 0 Å². The second-order valence-corrected chi connectivity index (χ2v) is 6.99. The normalized spacial score (nSPS) is 23.2. The summed E-state index contributed by atoms with van der Waals surface area (Å²) in [6.07, 6.45) is 5.94. The molecule has 0 aliphatic carbocycles. The highest BCUT2D eigenvalue weighted by Crippen LogP contribution is 2.37. The van der Waals surface area contributed by atoms with E-state index in [0.717, 1.165) is 11.3 Å². The number of aryl methyl sites for hydroxylation is 1. The number of carbonyl (C=O) groups is 1. The van der Waals surface area contributed by atoms with E-state index < -0.39 is 11.6 Å². The average Bonchev–Trinajstić information content (AvgIpc) is 2.67. The third kappa shape index (κ3) is 3.61. The maximum atomic E-state index is 12.6. The molecule has 2 aromatic rings. The van der Waals surface area contributed by atoms with Crippen molar-refractivity contribution >= 4 is 5.91 Å². The highest BCUT2D eigenvalue weighted by atomic mass is 16.3. The Morgan fingerprint density at radius 2 is 2.08 bits per heavy atom. The fourth-order valence-corrected chi connectivity index (χ4v) is 3.85. The molecule has 6 heteroatoms. The maximum Gasteiger partial charge on any atom is 0.223 e. The number of hydrogen-bond donors (Lipinski definition) is 1. The summed E-state index contributed by atoms with van der Waals surface area (Å²) in [5.74, 6) is 0.0510. The monoisotopic (exact) mass is 354 g/mol. The molecule has 0 bridgehead atoms. The lowest BCUT2D eigenvalue weighted by atomic mass is 9.77. The van der Waals surface area contributed by atoms with E-state index >= 15 is 0 Å². The fourth-order valence-electron chi connectivity index (χ4n) is 3.85. The molecular formula is C20H26N4O2. The number of aliphatic hydroxyl groups excluding tert-OH is 1. The number of likely N-dealkylation sites (tertiary alicyclic amines) is 1. The maximum absolute atomic E-state index is 12.6. The van der Waals surface area contributed by atoms with Crippen LogP contribution in [0.5, 0.6) is 0 Å². The quantitative estimate of drug-likeness (QED) is 0.880. The van der Waals surface area contributed by atoms with Crippen molar-refractivity contribution in [2.24, 2.45) is 0 Å². The Morgan fingerprint density at radius 3 is 2.69 bits per heavy atom. The Balaban J connectivity index is 1.68. The molecular weight excluding hydrogens is 328 g/mol. The number of nitrogens with zero attached hydrogens (tertiary/aromatic N) is 4. The van der Waals surface area contributed by atoms with E-state index in [1.54, 1.807) is 23.5 Å². The van der Waals surface area contributed by atoms with Crippen LogP contribution in [0.3, 0.4) is 0 Å². The standard InChI is InChI=1S/C20H26N4O2/c1-23(2)20(16-6-4-3-5-7-16)10-13-24(15-18(20)25)19(26)9-8-17-14-21-11-12-22-17/h3-7,11-12,14,18,25H,8-10,13,15H2,1-2H3/t18-,20+/m1/s1. The first-order valence-corrected chi connectivity index (χ1v) is 8.97. The molecule has 0 saturated carbocycles. The van der Waals surface area contributed by atoms with E-state index in [0.29, 0.717) is 32.4 Å². The van der Waals surface area contributed by atoms with Gasteiger partial charge in [-0.05, 0) is 32.5 Å². The average molecular weight is 354 g/mol. The van der Waals surface area contributed by atoms with Gasteiger partial charge < -0.3 is 10.0 Å². The molecule has 3 rings (SSSR count). The number of β-amino-alcohol motifs (C(OH)–C–C–N with tert-alkyl or cyclic N) is 1. The molecule has 2 atom stereocenters. The van der Waals surface area contributed by atoms with Crippen LogP contribution in [-0.4, -0.2) is 64.1 Å². The number of aromatic nitrogens is 2. The van der Waals surface area contributed by atoms with Crippen LogP contribution in [0.1, 0.15) is 24.1 Å². The van der Waals surface area contributed by atoms with Gasteiger partial charge in [0.05, 0.1) is 17.3 Å². The first-order valence-electron chi connectivity index (χ1n) is 8.97. The van der Waals surface area contributed by atoms with Gasteiger partial charge in [-0.3, -0.25) is 19.7 Å². The van der Waals surface area contributed by atoms with Gasteiger partial charge >= 0.3 is 0 Å². The molecule has 26 heavy (non-hydrogen) atoms. The van der Waals surface area contributed by atoms with Gasteiger partial charge in [0, 0.05) is 38.1 Å². The van der Waals surface area contributed by atoms with Crippen LogP contribution in [-0.2, 0) is 16.8 Å². The lowest BCUT2D eigenvalue weighted by Crippen LogP contribution is -2.60. The smallest absolute Gasteiger partial charge is 0.223 e. The number of carbonyl (C=O) groups excluding carboxylic acids is 1. The number of aliphatic hydroxyl groups is 1. The Hall–Kier alpha value is -2.31. The molecule has 138 valence electrons. The lowest BCUT2D eigenvalue weighted by Gasteiger charge is -2.49. The molecule has 1 aliphatic rings. The van der Waals surface area contributed by atoms with Gasteiger partial charge in [-0.25, -0.2) is 0 Å². The van der Waals surface area contributed by atoms with Crippen molar-refractivity contribution < 1.29 is 9.90 Å². The van der Waals surface area contributed by atoms with Crippen molar-refractivity contribution in [1.29, 1.82) is 0 Å². The molecule has 6 nitrogen and oxygen atoms in total. The second-order valence-electron chi connectivity index (χ2n) is 6.99. The zero-order valence-electron chi connectivity index (χ0n) is 15.4. The lowest BCUT2D eigenvalue weighted by molar-refractivity contribution is -0.140. The number of likely N-dealkylation sites (N-methyl/N-ethyl adjacent to an activating group) is 1. The summed E-state index contributed by atoms with van der Waals surface area (Å²) in [6.45, 7) is 0.968. The van der Waals surface area contributed by atoms with Crippen molar-refractivity contribution in [2.45, 2.75) is 30.9 Å². The molecule has 1 amide bonds. The summed E-state index contributed by atoms with van der Waals surface area (Å²) < 4.78 is 0. The largest absolute Gasteiger partial charge is 0.389 e. The van der Waals surface area contributed by atoms with Gasteiger partial charge in [-0.15, -0.1) is 0 Å². The summed E-state index contributed by atoms with van der Waals surface area (Å²) in [5, 5.41) is 11.0. The molecule has 0 spiro atoms. The zero-order valence-corrected chi connectivity index (χ0v) is 15.4. The summed E-state index contributed by atoms with van der Waals surface area (Å²) in [6, 6.07) is 10.1. The van der Waals surface area contributed by atoms with Gasteiger partial charge in [0.15, 0.2) is 0 Å². The summed E-state index contributed by atoms with van der Waals surface area (Å²) in [5.41, 5.74) is 1.43. The van der Waals surface area contributed by atoms with Gasteiger partial charge in [-0.2, -0.15) is 0 Å². The third-order valence-corrected chi connectivity index (χ3v) is 5.34. The van der Waals surface area contributed by atoms with Gasteiger partial charge in [0.25, 0.3) is 0 Å². The van der Waals surface area contributed by atoms with Gasteiger partial charge in [0.2, 0.25) is 5.91 Å². The SMILES string of the molecule is CN(C)[C@]1(c2ccccc2)CCN(C(=O)CCc2cnccn2)C[C@H]1O. The molecule has 1 saturated heterocycles. The van der Waals surface area contributed by atoms with Crippen molar-refractivity contribution in [3.63, 3.8) is 0 Å². The number of piperidine rings is 1. The van der Waals surface area contributed by atoms with E-state index in [4.69, 9.17) is 0 Å². The first kappa shape index (κ1) is 18.5. The van der Waals surface area contributed by atoms with Crippen molar-refractivity contribution in [3.8, 4) is 0 Å². The topological polar surface area (TPSA) is 69.6 Å². The van der Waals surface area contributed by atoms with Crippen LogP contribution in [0.15, 0.2) is 48.9 Å². The van der Waals surface area contributed by atoms with Crippen LogP contribution in [0.4, 0.5) is 0 Å². The summed E-state index contributed by atoms with van der Waals surface area (Å²) in [4.78, 5) is 24.7. The van der Waals surface area contributed by atoms with Crippen LogP contribution in [0.2, 0.25) is 0 Å². The molecule has 0 radical (unpaired) electrons. The Bertz CT molecular complexity index is 723. The number of amides is 1. The van der Waals surface area contributed by atoms with Crippen LogP contribution < -0.4 is 0 Å². The van der Waals surface area contributed by atoms with E-state index in [2.05, 4.69) is 27.0 Å². The Kier molecular flexibility index (Phi) is 5.64. The zero-order chi connectivity index (χ0) is 18.6. The number of hydrogen-bond acceptors (Lipinski definition) is 5. The van der Waals surface area contributed by atoms with E-state index in [1.807, 2.05) is 32.3 Å². The molecule has 1 fully saturated rings. The number of rotatable bonds is 5. The molecule has 1 aliphatic heterocycles. The van der Waals surface area contributed by atoms with Crippen LogP contribution in [0.25, 0.3) is 0 Å². The molecule has 0 unspecified atom stereocenters.